The quantitative estimate of drug-likeness (QED) is 0.343. The molecule has 0 radical (unpaired) electrons. The molecule has 0 aliphatic rings. The van der Waals surface area contributed by atoms with E-state index < -0.39 is 0 Å². The van der Waals surface area contributed by atoms with E-state index in [0.717, 1.165) is 13.0 Å². The minimum Gasteiger partial charge on any atom is -0.303 e. The number of likely N-dealkylation sites (N-methyl/N-ethyl adjacent to an activating group) is 1. The lowest BCUT2D eigenvalue weighted by Gasteiger charge is -2.13. The molecule has 18 heavy (non-hydrogen) atoms. The van der Waals surface area contributed by atoms with Crippen molar-refractivity contribution in [2.75, 3.05) is 20.1 Å². The van der Waals surface area contributed by atoms with E-state index in [1.54, 1.807) is 6.92 Å². The van der Waals surface area contributed by atoms with Crippen LogP contribution in [0.2, 0.25) is 0 Å². The van der Waals surface area contributed by atoms with Crippen molar-refractivity contribution in [2.45, 2.75) is 53.4 Å². The fourth-order valence-electron chi connectivity index (χ4n) is 1.53. The normalized spacial score (nSPS) is 11.3. The number of hydrogen-bond donors (Lipinski definition) is 0. The molecular weight excluding hydrogens is 218 g/mol. The van der Waals surface area contributed by atoms with Crippen molar-refractivity contribution >= 4 is 0 Å². The maximum Gasteiger partial charge on any atom is 0.0163 e. The molecule has 0 aromatic rings. The van der Waals surface area contributed by atoms with Crippen molar-refractivity contribution in [3.63, 3.8) is 0 Å². The maximum atomic E-state index is 4.60. The number of unbranched alkanes of at least 4 members (excludes halogenated alkanes) is 2. The van der Waals surface area contributed by atoms with Gasteiger partial charge in [0, 0.05) is 6.54 Å². The molecule has 0 heterocycles. The zero-order valence-electron chi connectivity index (χ0n) is 13.0. The van der Waals surface area contributed by atoms with Crippen LogP contribution in [0.25, 0.3) is 0 Å². The Morgan fingerprint density at radius 2 is 1.89 bits per heavy atom. The van der Waals surface area contributed by atoms with Crippen molar-refractivity contribution in [3.8, 4) is 12.3 Å². The smallest absolute Gasteiger partial charge is 0.0163 e. The van der Waals surface area contributed by atoms with Crippen LogP contribution in [0.3, 0.4) is 0 Å². The molecular formula is C17H31N. The molecule has 0 saturated carbocycles. The molecule has 1 nitrogen and oxygen atoms in total. The largest absolute Gasteiger partial charge is 0.303 e. The van der Waals surface area contributed by atoms with Crippen molar-refractivity contribution < 1.29 is 0 Å². The van der Waals surface area contributed by atoms with E-state index in [0.29, 0.717) is 0 Å². The molecule has 0 rings (SSSR count). The second-order valence-electron chi connectivity index (χ2n) is 4.38. The third-order valence-electron chi connectivity index (χ3n) is 2.67. The van der Waals surface area contributed by atoms with Gasteiger partial charge in [0.05, 0.1) is 0 Å². The molecule has 0 N–H and O–H groups in total. The first-order chi connectivity index (χ1) is 8.65. The van der Waals surface area contributed by atoms with Gasteiger partial charge in [-0.3, -0.25) is 0 Å². The standard InChI is InChI=1S/C14H27N.C3H4/c1-5-8-9-12-15(4)13-10-11-14(6-2)7-3;1-3-2/h6,10-11H,5,7-9,12-13H2,1-4H3;1H,2H3/b11-10-,14-6-;. The molecule has 0 saturated heterocycles. The Bertz CT molecular complexity index is 255. The summed E-state index contributed by atoms with van der Waals surface area (Å²) in [6.07, 6.45) is 16.4. The van der Waals surface area contributed by atoms with Gasteiger partial charge in [-0.15, -0.1) is 12.3 Å². The lowest BCUT2D eigenvalue weighted by molar-refractivity contribution is 0.358. The van der Waals surface area contributed by atoms with Crippen molar-refractivity contribution in [1.82, 2.24) is 4.90 Å². The predicted molar refractivity (Wildman–Crippen MR) is 84.7 cm³/mol. The van der Waals surface area contributed by atoms with Gasteiger partial charge in [0.25, 0.3) is 0 Å². The number of nitrogens with zero attached hydrogens (tertiary/aromatic N) is 1. The van der Waals surface area contributed by atoms with Crippen LogP contribution in [-0.4, -0.2) is 25.0 Å². The number of rotatable bonds is 8. The second-order valence-corrected chi connectivity index (χ2v) is 4.38. The summed E-state index contributed by atoms with van der Waals surface area (Å²) in [4.78, 5) is 2.38. The molecule has 0 fully saturated rings. The molecule has 1 heteroatoms. The van der Waals surface area contributed by atoms with Crippen molar-refractivity contribution in [1.29, 1.82) is 0 Å². The van der Waals surface area contributed by atoms with E-state index in [4.69, 9.17) is 0 Å². The topological polar surface area (TPSA) is 3.24 Å². The molecule has 0 spiro atoms. The molecule has 104 valence electrons. The summed E-state index contributed by atoms with van der Waals surface area (Å²) in [6.45, 7) is 10.5. The molecule has 0 amide bonds. The van der Waals surface area contributed by atoms with Gasteiger partial charge >= 0.3 is 0 Å². The number of terminal acetylenes is 1. The Balaban J connectivity index is 0. The minimum absolute atomic E-state index is 1.07. The Morgan fingerprint density at radius 1 is 1.28 bits per heavy atom. The van der Waals surface area contributed by atoms with Crippen molar-refractivity contribution in [2.24, 2.45) is 0 Å². The first kappa shape index (κ1) is 19.3. The number of hydrogen-bond acceptors (Lipinski definition) is 1. The Labute approximate surface area is 115 Å². The molecule has 0 aromatic heterocycles. The molecule has 0 aliphatic carbocycles. The summed E-state index contributed by atoms with van der Waals surface area (Å²) < 4.78 is 0. The average Bonchev–Trinajstić information content (AvgIpc) is 2.36. The van der Waals surface area contributed by atoms with E-state index in [1.165, 1.54) is 31.4 Å². The van der Waals surface area contributed by atoms with Crippen LogP contribution in [0, 0.1) is 12.3 Å². The zero-order chi connectivity index (χ0) is 14.2. The second kappa shape index (κ2) is 16.0. The van der Waals surface area contributed by atoms with Crippen LogP contribution in [0.1, 0.15) is 53.4 Å². The van der Waals surface area contributed by atoms with E-state index in [-0.39, 0.29) is 0 Å². The molecule has 0 aliphatic heterocycles. The fraction of sp³-hybridized carbons (Fsp3) is 0.647. The lowest BCUT2D eigenvalue weighted by atomic mass is 10.2. The van der Waals surface area contributed by atoms with Gasteiger partial charge in [0.15, 0.2) is 0 Å². The summed E-state index contributed by atoms with van der Waals surface area (Å²) in [5.41, 5.74) is 1.43. The van der Waals surface area contributed by atoms with E-state index in [1.807, 2.05) is 0 Å². The Hall–Kier alpha value is -1.00. The summed E-state index contributed by atoms with van der Waals surface area (Å²) in [6, 6.07) is 0. The van der Waals surface area contributed by atoms with Gasteiger partial charge in [0.2, 0.25) is 0 Å². The van der Waals surface area contributed by atoms with E-state index >= 15 is 0 Å². The van der Waals surface area contributed by atoms with E-state index in [2.05, 4.69) is 63.3 Å². The van der Waals surface area contributed by atoms with Gasteiger partial charge in [-0.05, 0) is 40.3 Å². The number of allylic oxidation sites excluding steroid dienone is 3. The average molecular weight is 249 g/mol. The summed E-state index contributed by atoms with van der Waals surface area (Å²) >= 11 is 0. The summed E-state index contributed by atoms with van der Waals surface area (Å²) in [5, 5.41) is 0. The Kier molecular flexibility index (Phi) is 17.2. The molecule has 0 bridgehead atoms. The van der Waals surface area contributed by atoms with Gasteiger partial charge in [0.1, 0.15) is 0 Å². The third kappa shape index (κ3) is 15.0. The van der Waals surface area contributed by atoms with Gasteiger partial charge in [-0.2, -0.15) is 0 Å². The minimum atomic E-state index is 1.07. The fourth-order valence-corrected chi connectivity index (χ4v) is 1.53. The summed E-state index contributed by atoms with van der Waals surface area (Å²) in [7, 11) is 2.20. The monoisotopic (exact) mass is 249 g/mol. The molecule has 0 aromatic carbocycles. The van der Waals surface area contributed by atoms with Crippen LogP contribution in [-0.2, 0) is 0 Å². The molecule has 0 unspecified atom stereocenters. The molecule has 0 atom stereocenters. The SMILES string of the molecule is C#CC.C/C=C(\C=C/CN(C)CCCCC)CC. The van der Waals surface area contributed by atoms with Crippen LogP contribution >= 0.6 is 0 Å². The summed E-state index contributed by atoms with van der Waals surface area (Å²) in [5.74, 6) is 2.25. The van der Waals surface area contributed by atoms with Crippen molar-refractivity contribution in [3.05, 3.63) is 23.8 Å². The van der Waals surface area contributed by atoms with Gasteiger partial charge in [-0.25, -0.2) is 0 Å². The Morgan fingerprint density at radius 3 is 2.33 bits per heavy atom. The van der Waals surface area contributed by atoms with Gasteiger partial charge < -0.3 is 4.90 Å². The van der Waals surface area contributed by atoms with Gasteiger partial charge in [-0.1, -0.05) is 50.5 Å². The van der Waals surface area contributed by atoms with Crippen LogP contribution in [0.5, 0.6) is 0 Å². The highest BCUT2D eigenvalue weighted by Gasteiger charge is 1.94. The van der Waals surface area contributed by atoms with Crippen LogP contribution < -0.4 is 0 Å². The lowest BCUT2D eigenvalue weighted by Crippen LogP contribution is -2.19. The van der Waals surface area contributed by atoms with E-state index in [9.17, 15) is 0 Å². The predicted octanol–water partition coefficient (Wildman–Crippen LogP) is 4.66. The zero-order valence-corrected chi connectivity index (χ0v) is 13.0. The highest BCUT2D eigenvalue weighted by atomic mass is 15.1. The maximum absolute atomic E-state index is 4.60. The van der Waals surface area contributed by atoms with Crippen LogP contribution in [0.15, 0.2) is 23.8 Å². The first-order valence-electron chi connectivity index (χ1n) is 7.03. The van der Waals surface area contributed by atoms with Crippen LogP contribution in [0.4, 0.5) is 0 Å². The first-order valence-corrected chi connectivity index (χ1v) is 7.03. The highest BCUT2D eigenvalue weighted by molar-refractivity contribution is 5.17. The highest BCUT2D eigenvalue weighted by Crippen LogP contribution is 2.02. The third-order valence-corrected chi connectivity index (χ3v) is 2.67.